The molecule has 2 atom stereocenters. The number of fused-ring (bicyclic) bond motifs is 1. The van der Waals surface area contributed by atoms with Gasteiger partial charge >= 0.3 is 5.97 Å². The molecule has 0 spiro atoms. The molecule has 2 rings (SSSR count). The smallest absolute Gasteiger partial charge is 0.311 e. The van der Waals surface area contributed by atoms with E-state index in [1.807, 2.05) is 13.8 Å². The number of hydrogen-bond donors (Lipinski definition) is 1. The van der Waals surface area contributed by atoms with Gasteiger partial charge in [0.2, 0.25) is 11.8 Å². The first kappa shape index (κ1) is 14.0. The minimum absolute atomic E-state index is 0.223. The van der Waals surface area contributed by atoms with Gasteiger partial charge in [0.15, 0.2) is 0 Å². The van der Waals surface area contributed by atoms with Crippen LogP contribution in [-0.2, 0) is 14.4 Å². The van der Waals surface area contributed by atoms with Crippen molar-refractivity contribution < 1.29 is 19.5 Å². The number of amides is 2. The normalized spacial score (nSPS) is 29.5. The molecule has 1 heterocycles. The third kappa shape index (κ3) is 1.44. The highest BCUT2D eigenvalue weighted by atomic mass is 16.4. The standard InChI is InChI=1S/C14H21NO4/c1-12(2)7-8(12)10(17)15(9(7)16)14(5,6)13(3,4)11(18)19/h7-8H,1-6H3,(H,18,19). The van der Waals surface area contributed by atoms with Crippen LogP contribution in [0.5, 0.6) is 0 Å². The maximum atomic E-state index is 12.4. The Morgan fingerprint density at radius 1 is 1.11 bits per heavy atom. The third-order valence-corrected chi connectivity index (χ3v) is 5.42. The first-order valence-corrected chi connectivity index (χ1v) is 6.49. The number of carboxylic acids is 1. The van der Waals surface area contributed by atoms with Crippen LogP contribution >= 0.6 is 0 Å². The molecule has 2 aliphatic rings. The molecule has 5 heteroatoms. The molecule has 0 bridgehead atoms. The van der Waals surface area contributed by atoms with Crippen molar-refractivity contribution in [3.05, 3.63) is 0 Å². The number of nitrogens with zero attached hydrogens (tertiary/aromatic N) is 1. The van der Waals surface area contributed by atoms with E-state index in [4.69, 9.17) is 0 Å². The van der Waals surface area contributed by atoms with E-state index in [2.05, 4.69) is 0 Å². The zero-order valence-corrected chi connectivity index (χ0v) is 12.3. The molecule has 106 valence electrons. The molecule has 19 heavy (non-hydrogen) atoms. The Labute approximate surface area is 113 Å². The van der Waals surface area contributed by atoms with E-state index in [1.165, 1.54) is 4.90 Å². The van der Waals surface area contributed by atoms with Gasteiger partial charge < -0.3 is 5.11 Å². The van der Waals surface area contributed by atoms with Crippen molar-refractivity contribution in [3.8, 4) is 0 Å². The first-order valence-electron chi connectivity index (χ1n) is 6.49. The minimum Gasteiger partial charge on any atom is -0.481 e. The maximum Gasteiger partial charge on any atom is 0.311 e. The largest absolute Gasteiger partial charge is 0.481 e. The fraction of sp³-hybridized carbons (Fsp3) is 0.786. The van der Waals surface area contributed by atoms with Crippen molar-refractivity contribution in [1.29, 1.82) is 0 Å². The highest BCUT2D eigenvalue weighted by Crippen LogP contribution is 2.64. The Morgan fingerprint density at radius 2 is 1.47 bits per heavy atom. The third-order valence-electron chi connectivity index (χ3n) is 5.42. The van der Waals surface area contributed by atoms with Crippen LogP contribution in [0.2, 0.25) is 0 Å². The van der Waals surface area contributed by atoms with Crippen LogP contribution in [0.15, 0.2) is 0 Å². The van der Waals surface area contributed by atoms with Crippen molar-refractivity contribution in [2.75, 3.05) is 0 Å². The van der Waals surface area contributed by atoms with Gasteiger partial charge in [-0.15, -0.1) is 0 Å². The van der Waals surface area contributed by atoms with E-state index < -0.39 is 16.9 Å². The lowest BCUT2D eigenvalue weighted by Gasteiger charge is -2.45. The van der Waals surface area contributed by atoms with Gasteiger partial charge in [-0.3, -0.25) is 19.3 Å². The second-order valence-corrected chi connectivity index (χ2v) is 7.28. The molecular formula is C14H21NO4. The first-order chi connectivity index (χ1) is 8.38. The zero-order chi connectivity index (χ0) is 15.0. The van der Waals surface area contributed by atoms with Gasteiger partial charge in [-0.05, 0) is 33.1 Å². The number of hydrogen-bond acceptors (Lipinski definition) is 3. The Hall–Kier alpha value is -1.39. The van der Waals surface area contributed by atoms with Crippen molar-refractivity contribution in [1.82, 2.24) is 4.90 Å². The second-order valence-electron chi connectivity index (χ2n) is 7.28. The van der Waals surface area contributed by atoms with Gasteiger partial charge in [-0.2, -0.15) is 0 Å². The average molecular weight is 267 g/mol. The number of carbonyl (C=O) groups excluding carboxylic acids is 2. The molecule has 1 aliphatic carbocycles. The SMILES string of the molecule is CC1(C)C2C(=O)N(C(C)(C)C(C)(C)C(=O)O)C(=O)C21. The summed E-state index contributed by atoms with van der Waals surface area (Å²) in [6, 6.07) is 0. The van der Waals surface area contributed by atoms with Gasteiger partial charge in [-0.1, -0.05) is 13.8 Å². The Bertz CT molecular complexity index is 466. The summed E-state index contributed by atoms with van der Waals surface area (Å²) in [5.74, 6) is -2.01. The van der Waals surface area contributed by atoms with Crippen LogP contribution < -0.4 is 0 Å². The minimum atomic E-state index is -1.20. The fourth-order valence-corrected chi connectivity index (χ4v) is 3.04. The van der Waals surface area contributed by atoms with Gasteiger partial charge in [-0.25, -0.2) is 0 Å². The molecule has 0 aromatic carbocycles. The van der Waals surface area contributed by atoms with E-state index in [0.29, 0.717) is 0 Å². The van der Waals surface area contributed by atoms with E-state index in [0.717, 1.165) is 0 Å². The lowest BCUT2D eigenvalue weighted by molar-refractivity contribution is -0.164. The number of imide groups is 1. The molecule has 2 amide bonds. The van der Waals surface area contributed by atoms with E-state index in [1.54, 1.807) is 27.7 Å². The number of likely N-dealkylation sites (tertiary alicyclic amines) is 1. The summed E-state index contributed by atoms with van der Waals surface area (Å²) in [7, 11) is 0. The second kappa shape index (κ2) is 3.38. The monoisotopic (exact) mass is 267 g/mol. The van der Waals surface area contributed by atoms with Crippen LogP contribution in [-0.4, -0.2) is 33.3 Å². The zero-order valence-electron chi connectivity index (χ0n) is 12.3. The maximum absolute atomic E-state index is 12.4. The Morgan fingerprint density at radius 3 is 1.79 bits per heavy atom. The lowest BCUT2D eigenvalue weighted by Crippen LogP contribution is -2.60. The Balaban J connectivity index is 2.38. The van der Waals surface area contributed by atoms with E-state index >= 15 is 0 Å². The van der Waals surface area contributed by atoms with E-state index in [-0.39, 0.29) is 29.1 Å². The molecule has 1 saturated heterocycles. The summed E-state index contributed by atoms with van der Waals surface area (Å²) in [5.41, 5.74) is -2.51. The molecule has 2 fully saturated rings. The van der Waals surface area contributed by atoms with E-state index in [9.17, 15) is 19.5 Å². The van der Waals surface area contributed by atoms with Crippen molar-refractivity contribution in [2.45, 2.75) is 47.1 Å². The van der Waals surface area contributed by atoms with Crippen LogP contribution in [0.1, 0.15) is 41.5 Å². The number of piperidine rings is 1. The highest BCUT2D eigenvalue weighted by molar-refractivity contribution is 6.11. The fourth-order valence-electron chi connectivity index (χ4n) is 3.04. The predicted molar refractivity (Wildman–Crippen MR) is 68.1 cm³/mol. The molecule has 0 aromatic heterocycles. The van der Waals surface area contributed by atoms with Crippen molar-refractivity contribution in [2.24, 2.45) is 22.7 Å². The van der Waals surface area contributed by atoms with Gasteiger partial charge in [0.1, 0.15) is 0 Å². The number of aliphatic carboxylic acids is 1. The van der Waals surface area contributed by atoms with Crippen LogP contribution in [0, 0.1) is 22.7 Å². The lowest BCUT2D eigenvalue weighted by atomic mass is 9.73. The molecule has 0 aromatic rings. The number of rotatable bonds is 3. The quantitative estimate of drug-likeness (QED) is 0.787. The summed E-state index contributed by atoms with van der Waals surface area (Å²) in [4.78, 5) is 37.4. The molecule has 5 nitrogen and oxygen atoms in total. The molecule has 0 radical (unpaired) electrons. The van der Waals surface area contributed by atoms with Gasteiger partial charge in [0.25, 0.3) is 0 Å². The topological polar surface area (TPSA) is 74.7 Å². The summed E-state index contributed by atoms with van der Waals surface area (Å²) in [6.45, 7) is 10.2. The number of carbonyl (C=O) groups is 3. The van der Waals surface area contributed by atoms with Gasteiger partial charge in [0, 0.05) is 0 Å². The van der Waals surface area contributed by atoms with Crippen LogP contribution in [0.3, 0.4) is 0 Å². The predicted octanol–water partition coefficient (Wildman–Crippen LogP) is 1.52. The summed E-state index contributed by atoms with van der Waals surface area (Å²) in [5, 5.41) is 9.34. The van der Waals surface area contributed by atoms with Crippen molar-refractivity contribution >= 4 is 17.8 Å². The highest BCUT2D eigenvalue weighted by Gasteiger charge is 2.75. The molecule has 1 aliphatic heterocycles. The Kier molecular flexibility index (Phi) is 2.49. The molecular weight excluding hydrogens is 246 g/mol. The summed E-state index contributed by atoms with van der Waals surface area (Å²) in [6.07, 6.45) is 0. The molecule has 2 unspecified atom stereocenters. The van der Waals surface area contributed by atoms with Crippen molar-refractivity contribution in [3.63, 3.8) is 0 Å². The van der Waals surface area contributed by atoms with Gasteiger partial charge in [0.05, 0.1) is 22.8 Å². The molecule has 1 saturated carbocycles. The molecule has 1 N–H and O–H groups in total. The van der Waals surface area contributed by atoms with Crippen LogP contribution in [0.25, 0.3) is 0 Å². The summed E-state index contributed by atoms with van der Waals surface area (Å²) < 4.78 is 0. The van der Waals surface area contributed by atoms with Crippen LogP contribution in [0.4, 0.5) is 0 Å². The summed E-state index contributed by atoms with van der Waals surface area (Å²) >= 11 is 0. The number of carboxylic acid groups (broad SMARTS) is 1. The average Bonchev–Trinajstić information content (AvgIpc) is 2.66.